The van der Waals surface area contributed by atoms with Crippen LogP contribution in [0.15, 0.2) is 42.5 Å². The van der Waals surface area contributed by atoms with Crippen LogP contribution in [0.3, 0.4) is 0 Å². The Hall–Kier alpha value is -2.67. The smallest absolute Gasteiger partial charge is 0.141 e. The van der Waals surface area contributed by atoms with Crippen molar-refractivity contribution in [1.29, 1.82) is 5.26 Å². The molecule has 3 rings (SSSR count). The fourth-order valence-corrected chi connectivity index (χ4v) is 2.46. The van der Waals surface area contributed by atoms with Gasteiger partial charge in [0.15, 0.2) is 0 Å². The Bertz CT molecular complexity index is 826. The summed E-state index contributed by atoms with van der Waals surface area (Å²) in [6.07, 6.45) is 0.955. The topological polar surface area (TPSA) is 41.6 Å². The summed E-state index contributed by atoms with van der Waals surface area (Å²) in [6.45, 7) is 2.90. The number of aromatic nitrogens is 2. The summed E-state index contributed by atoms with van der Waals surface area (Å²) in [5, 5.41) is 9.05. The van der Waals surface area contributed by atoms with E-state index in [0.717, 1.165) is 35.4 Å². The van der Waals surface area contributed by atoms with E-state index in [1.807, 2.05) is 12.1 Å². The Morgan fingerprint density at radius 1 is 1.19 bits per heavy atom. The second kappa shape index (κ2) is 5.37. The largest absolute Gasteiger partial charge is 0.324 e. The van der Waals surface area contributed by atoms with E-state index >= 15 is 0 Å². The molecule has 2 aromatic carbocycles. The first kappa shape index (κ1) is 13.3. The van der Waals surface area contributed by atoms with Crippen LogP contribution in [0, 0.1) is 17.1 Å². The van der Waals surface area contributed by atoms with Crippen LogP contribution in [0.1, 0.15) is 18.9 Å². The van der Waals surface area contributed by atoms with Crippen molar-refractivity contribution in [2.75, 3.05) is 0 Å². The van der Waals surface area contributed by atoms with Gasteiger partial charge in [0.2, 0.25) is 0 Å². The van der Waals surface area contributed by atoms with Crippen LogP contribution in [0.4, 0.5) is 4.39 Å². The van der Waals surface area contributed by atoms with Crippen molar-refractivity contribution in [2.24, 2.45) is 0 Å². The van der Waals surface area contributed by atoms with Crippen molar-refractivity contribution >= 4 is 11.0 Å². The maximum Gasteiger partial charge on any atom is 0.141 e. The Kier molecular flexibility index (Phi) is 3.41. The molecule has 0 radical (unpaired) electrons. The molecule has 0 aliphatic rings. The van der Waals surface area contributed by atoms with Gasteiger partial charge in [0.05, 0.1) is 22.7 Å². The third-order valence-electron chi connectivity index (χ3n) is 3.43. The number of nitriles is 1. The van der Waals surface area contributed by atoms with Crippen molar-refractivity contribution in [3.05, 3.63) is 53.8 Å². The van der Waals surface area contributed by atoms with Crippen molar-refractivity contribution in [1.82, 2.24) is 9.55 Å². The van der Waals surface area contributed by atoms with Gasteiger partial charge in [0, 0.05) is 12.1 Å². The van der Waals surface area contributed by atoms with E-state index in [1.165, 1.54) is 12.1 Å². The molecule has 0 saturated heterocycles. The predicted molar refractivity (Wildman–Crippen MR) is 80.1 cm³/mol. The predicted octanol–water partition coefficient (Wildman–Crippen LogP) is 4.12. The molecule has 0 aliphatic heterocycles. The van der Waals surface area contributed by atoms with Crippen LogP contribution >= 0.6 is 0 Å². The molecule has 0 unspecified atom stereocenters. The van der Waals surface area contributed by atoms with Crippen LogP contribution in [-0.4, -0.2) is 9.55 Å². The molecule has 0 amide bonds. The summed E-state index contributed by atoms with van der Waals surface area (Å²) in [5.74, 6) is 0.547. The highest BCUT2D eigenvalue weighted by Crippen LogP contribution is 2.26. The van der Waals surface area contributed by atoms with E-state index in [9.17, 15) is 4.39 Å². The molecule has 0 spiro atoms. The van der Waals surface area contributed by atoms with Gasteiger partial charge in [-0.25, -0.2) is 9.37 Å². The maximum atomic E-state index is 13.1. The van der Waals surface area contributed by atoms with E-state index in [0.29, 0.717) is 5.56 Å². The average Bonchev–Trinajstić information content (AvgIpc) is 2.86. The number of aryl methyl sites for hydroxylation is 1. The molecule has 0 bridgehead atoms. The van der Waals surface area contributed by atoms with Gasteiger partial charge in [-0.3, -0.25) is 0 Å². The lowest BCUT2D eigenvalue weighted by molar-refractivity contribution is 0.628. The second-order valence-corrected chi connectivity index (χ2v) is 4.91. The minimum atomic E-state index is -0.260. The summed E-state index contributed by atoms with van der Waals surface area (Å²) in [6, 6.07) is 14.0. The van der Waals surface area contributed by atoms with Gasteiger partial charge in [-0.15, -0.1) is 0 Å². The highest BCUT2D eigenvalue weighted by molar-refractivity contribution is 5.82. The highest BCUT2D eigenvalue weighted by Gasteiger charge is 2.12. The molecule has 104 valence electrons. The van der Waals surface area contributed by atoms with Gasteiger partial charge >= 0.3 is 0 Å². The minimum absolute atomic E-state index is 0.260. The van der Waals surface area contributed by atoms with Gasteiger partial charge < -0.3 is 4.57 Å². The summed E-state index contributed by atoms with van der Waals surface area (Å²) >= 11 is 0. The standard InChI is InChI=1S/C17H14FN3/c1-2-9-21-16-10-12(11-19)3-8-15(16)20-17(21)13-4-6-14(18)7-5-13/h3-8,10H,2,9H2,1H3. The lowest BCUT2D eigenvalue weighted by atomic mass is 10.2. The van der Waals surface area contributed by atoms with E-state index in [2.05, 4.69) is 22.5 Å². The van der Waals surface area contributed by atoms with Gasteiger partial charge in [-0.2, -0.15) is 5.26 Å². The van der Waals surface area contributed by atoms with Crippen molar-refractivity contribution in [2.45, 2.75) is 19.9 Å². The van der Waals surface area contributed by atoms with Gasteiger partial charge in [0.1, 0.15) is 11.6 Å². The second-order valence-electron chi connectivity index (χ2n) is 4.91. The summed E-state index contributed by atoms with van der Waals surface area (Å²) in [4.78, 5) is 4.64. The summed E-state index contributed by atoms with van der Waals surface area (Å²) in [7, 11) is 0. The van der Waals surface area contributed by atoms with Crippen LogP contribution in [-0.2, 0) is 6.54 Å². The van der Waals surface area contributed by atoms with Crippen molar-refractivity contribution < 1.29 is 4.39 Å². The number of benzene rings is 2. The molecule has 3 aromatic rings. The highest BCUT2D eigenvalue weighted by atomic mass is 19.1. The first-order valence-electron chi connectivity index (χ1n) is 6.89. The van der Waals surface area contributed by atoms with Gasteiger partial charge in [-0.05, 0) is 48.9 Å². The normalized spacial score (nSPS) is 10.7. The maximum absolute atomic E-state index is 13.1. The molecule has 0 N–H and O–H groups in total. The van der Waals surface area contributed by atoms with E-state index in [4.69, 9.17) is 5.26 Å². The molecule has 1 heterocycles. The van der Waals surface area contributed by atoms with Crippen LogP contribution < -0.4 is 0 Å². The molecule has 4 heteroatoms. The average molecular weight is 279 g/mol. The Balaban J connectivity index is 2.24. The van der Waals surface area contributed by atoms with E-state index < -0.39 is 0 Å². The monoisotopic (exact) mass is 279 g/mol. The summed E-state index contributed by atoms with van der Waals surface area (Å²) in [5.41, 5.74) is 3.28. The van der Waals surface area contributed by atoms with Crippen LogP contribution in [0.2, 0.25) is 0 Å². The zero-order valence-electron chi connectivity index (χ0n) is 11.7. The van der Waals surface area contributed by atoms with Crippen LogP contribution in [0.5, 0.6) is 0 Å². The molecule has 0 atom stereocenters. The Morgan fingerprint density at radius 3 is 2.62 bits per heavy atom. The fourth-order valence-electron chi connectivity index (χ4n) is 2.46. The molecule has 21 heavy (non-hydrogen) atoms. The van der Waals surface area contributed by atoms with Crippen molar-refractivity contribution in [3.63, 3.8) is 0 Å². The first-order valence-corrected chi connectivity index (χ1v) is 6.89. The number of nitrogens with zero attached hydrogens (tertiary/aromatic N) is 3. The quantitative estimate of drug-likeness (QED) is 0.723. The lowest BCUT2D eigenvalue weighted by Crippen LogP contribution is -1.99. The molecular formula is C17H14FN3. The number of halogens is 1. The Labute approximate surface area is 122 Å². The molecule has 0 fully saturated rings. The number of rotatable bonds is 3. The molecular weight excluding hydrogens is 265 g/mol. The lowest BCUT2D eigenvalue weighted by Gasteiger charge is -2.07. The first-order chi connectivity index (χ1) is 10.2. The molecule has 1 aromatic heterocycles. The number of hydrogen-bond acceptors (Lipinski definition) is 2. The number of imidazole rings is 1. The van der Waals surface area contributed by atoms with Crippen LogP contribution in [0.25, 0.3) is 22.4 Å². The van der Waals surface area contributed by atoms with Gasteiger partial charge in [-0.1, -0.05) is 6.92 Å². The SMILES string of the molecule is CCCn1c(-c2ccc(F)cc2)nc2ccc(C#N)cc21. The summed E-state index contributed by atoms with van der Waals surface area (Å²) < 4.78 is 15.2. The van der Waals surface area contributed by atoms with Crippen molar-refractivity contribution in [3.8, 4) is 17.5 Å². The third kappa shape index (κ3) is 2.38. The van der Waals surface area contributed by atoms with E-state index in [1.54, 1.807) is 18.2 Å². The number of fused-ring (bicyclic) bond motifs is 1. The fraction of sp³-hybridized carbons (Fsp3) is 0.176. The zero-order chi connectivity index (χ0) is 14.8. The molecule has 0 aliphatic carbocycles. The third-order valence-corrected chi connectivity index (χ3v) is 3.43. The molecule has 3 nitrogen and oxygen atoms in total. The van der Waals surface area contributed by atoms with E-state index in [-0.39, 0.29) is 5.82 Å². The number of hydrogen-bond donors (Lipinski definition) is 0. The molecule has 0 saturated carbocycles. The Morgan fingerprint density at radius 2 is 1.95 bits per heavy atom. The van der Waals surface area contributed by atoms with Gasteiger partial charge in [0.25, 0.3) is 0 Å². The minimum Gasteiger partial charge on any atom is -0.324 e. The zero-order valence-corrected chi connectivity index (χ0v) is 11.7.